The molecule has 2 aromatic rings. The van der Waals surface area contributed by atoms with Crippen LogP contribution in [0, 0.1) is 0 Å². The third kappa shape index (κ3) is 3.69. The van der Waals surface area contributed by atoms with Crippen LogP contribution >= 0.6 is 0 Å². The van der Waals surface area contributed by atoms with E-state index in [0.717, 1.165) is 22.6 Å². The smallest absolute Gasteiger partial charge is 0.161 e. The van der Waals surface area contributed by atoms with Crippen molar-refractivity contribution in [2.45, 2.75) is 0 Å². The maximum atomic E-state index is 9.57. The highest BCUT2D eigenvalue weighted by atomic mass is 16.5. The van der Waals surface area contributed by atoms with Crippen molar-refractivity contribution >= 4 is 12.2 Å². The van der Waals surface area contributed by atoms with Gasteiger partial charge in [0.15, 0.2) is 11.5 Å². The van der Waals surface area contributed by atoms with Crippen LogP contribution in [-0.4, -0.2) is 26.4 Å². The fraction of sp³-hybridized carbons (Fsp3) is 0.176. The summed E-state index contributed by atoms with van der Waals surface area (Å²) in [4.78, 5) is 0. The Morgan fingerprint density at radius 2 is 1.38 bits per heavy atom. The Hall–Kier alpha value is -2.62. The summed E-state index contributed by atoms with van der Waals surface area (Å²) in [6.07, 6.45) is 3.87. The SMILES string of the molecule is COc1cc(/C=C/c2ccc(O)c(OC)c2)cc(OC)c1. The zero-order valence-corrected chi connectivity index (χ0v) is 12.3. The van der Waals surface area contributed by atoms with E-state index in [2.05, 4.69) is 0 Å². The van der Waals surface area contributed by atoms with Gasteiger partial charge in [0.2, 0.25) is 0 Å². The summed E-state index contributed by atoms with van der Waals surface area (Å²) in [7, 11) is 4.76. The van der Waals surface area contributed by atoms with Gasteiger partial charge in [0.05, 0.1) is 21.3 Å². The van der Waals surface area contributed by atoms with Gasteiger partial charge in [-0.05, 0) is 35.4 Å². The Morgan fingerprint density at radius 3 is 1.95 bits per heavy atom. The first-order valence-corrected chi connectivity index (χ1v) is 6.44. The van der Waals surface area contributed by atoms with Gasteiger partial charge in [0, 0.05) is 6.07 Å². The Morgan fingerprint density at radius 1 is 0.762 bits per heavy atom. The maximum absolute atomic E-state index is 9.57. The molecule has 0 spiro atoms. The molecule has 0 aliphatic carbocycles. The van der Waals surface area contributed by atoms with Crippen molar-refractivity contribution in [1.29, 1.82) is 0 Å². The van der Waals surface area contributed by atoms with E-state index in [1.165, 1.54) is 7.11 Å². The molecule has 0 saturated carbocycles. The summed E-state index contributed by atoms with van der Waals surface area (Å²) >= 11 is 0. The molecule has 2 rings (SSSR count). The van der Waals surface area contributed by atoms with Gasteiger partial charge < -0.3 is 19.3 Å². The molecular weight excluding hydrogens is 268 g/mol. The second-order valence-corrected chi connectivity index (χ2v) is 4.41. The molecule has 2 aromatic carbocycles. The number of benzene rings is 2. The summed E-state index contributed by atoms with van der Waals surface area (Å²) in [5.41, 5.74) is 1.88. The molecule has 0 atom stereocenters. The standard InChI is InChI=1S/C17H18O4/c1-19-14-8-13(9-15(11-14)20-2)5-4-12-6-7-16(18)17(10-12)21-3/h4-11,18H,1-3H3/b5-4+. The predicted molar refractivity (Wildman–Crippen MR) is 83.1 cm³/mol. The summed E-state index contributed by atoms with van der Waals surface area (Å²) in [6, 6.07) is 10.8. The monoisotopic (exact) mass is 286 g/mol. The molecule has 0 radical (unpaired) electrons. The minimum Gasteiger partial charge on any atom is -0.504 e. The third-order valence-electron chi connectivity index (χ3n) is 3.05. The molecular formula is C17H18O4. The largest absolute Gasteiger partial charge is 0.504 e. The van der Waals surface area contributed by atoms with Crippen LogP contribution in [0.3, 0.4) is 0 Å². The van der Waals surface area contributed by atoms with Crippen LogP contribution < -0.4 is 14.2 Å². The van der Waals surface area contributed by atoms with Crippen LogP contribution in [0.2, 0.25) is 0 Å². The maximum Gasteiger partial charge on any atom is 0.161 e. The molecule has 4 heteroatoms. The first-order valence-electron chi connectivity index (χ1n) is 6.44. The van der Waals surface area contributed by atoms with E-state index in [4.69, 9.17) is 14.2 Å². The van der Waals surface area contributed by atoms with Crippen LogP contribution in [0.5, 0.6) is 23.0 Å². The molecule has 0 aliphatic rings. The van der Waals surface area contributed by atoms with Crippen LogP contribution in [0.25, 0.3) is 12.2 Å². The van der Waals surface area contributed by atoms with Crippen molar-refractivity contribution < 1.29 is 19.3 Å². The number of phenols is 1. The van der Waals surface area contributed by atoms with Crippen molar-refractivity contribution in [1.82, 2.24) is 0 Å². The molecule has 1 N–H and O–H groups in total. The molecule has 0 saturated heterocycles. The average molecular weight is 286 g/mol. The molecule has 21 heavy (non-hydrogen) atoms. The lowest BCUT2D eigenvalue weighted by Crippen LogP contribution is -1.88. The van der Waals surface area contributed by atoms with Crippen molar-refractivity contribution in [2.75, 3.05) is 21.3 Å². The normalized spacial score (nSPS) is 10.6. The number of rotatable bonds is 5. The van der Waals surface area contributed by atoms with E-state index in [1.54, 1.807) is 26.4 Å². The van der Waals surface area contributed by atoms with Crippen LogP contribution in [0.15, 0.2) is 36.4 Å². The lowest BCUT2D eigenvalue weighted by molar-refractivity contribution is 0.373. The van der Waals surface area contributed by atoms with E-state index < -0.39 is 0 Å². The summed E-state index contributed by atoms with van der Waals surface area (Å²) < 4.78 is 15.6. The van der Waals surface area contributed by atoms with Crippen LogP contribution in [-0.2, 0) is 0 Å². The molecule has 0 bridgehead atoms. The first-order chi connectivity index (χ1) is 10.2. The molecule has 0 unspecified atom stereocenters. The molecule has 0 heterocycles. The van der Waals surface area contributed by atoms with Gasteiger partial charge in [0.1, 0.15) is 11.5 Å². The minimum absolute atomic E-state index is 0.123. The van der Waals surface area contributed by atoms with Crippen molar-refractivity contribution in [3.05, 3.63) is 47.5 Å². The lowest BCUT2D eigenvalue weighted by atomic mass is 10.1. The second kappa shape index (κ2) is 6.70. The van der Waals surface area contributed by atoms with Crippen molar-refractivity contribution in [3.8, 4) is 23.0 Å². The topological polar surface area (TPSA) is 47.9 Å². The number of ether oxygens (including phenoxy) is 3. The summed E-state index contributed by atoms with van der Waals surface area (Å²) in [5.74, 6) is 2.03. The zero-order valence-electron chi connectivity index (χ0n) is 12.3. The Bertz CT molecular complexity index is 625. The Kier molecular flexibility index (Phi) is 4.72. The van der Waals surface area contributed by atoms with Gasteiger partial charge in [-0.15, -0.1) is 0 Å². The molecule has 0 aliphatic heterocycles. The molecule has 4 nitrogen and oxygen atoms in total. The van der Waals surface area contributed by atoms with Crippen LogP contribution in [0.1, 0.15) is 11.1 Å². The Labute approximate surface area is 124 Å². The number of hydrogen-bond acceptors (Lipinski definition) is 4. The highest BCUT2D eigenvalue weighted by molar-refractivity contribution is 5.72. The Balaban J connectivity index is 2.28. The number of aromatic hydroxyl groups is 1. The highest BCUT2D eigenvalue weighted by Gasteiger charge is 2.02. The minimum atomic E-state index is 0.123. The van der Waals surface area contributed by atoms with Gasteiger partial charge in [0.25, 0.3) is 0 Å². The predicted octanol–water partition coefficient (Wildman–Crippen LogP) is 3.59. The zero-order chi connectivity index (χ0) is 15.2. The lowest BCUT2D eigenvalue weighted by Gasteiger charge is -2.06. The van der Waals surface area contributed by atoms with E-state index in [1.807, 2.05) is 36.4 Å². The summed E-state index contributed by atoms with van der Waals surface area (Å²) in [6.45, 7) is 0. The van der Waals surface area contributed by atoms with E-state index in [-0.39, 0.29) is 5.75 Å². The highest BCUT2D eigenvalue weighted by Crippen LogP contribution is 2.28. The number of hydrogen-bond donors (Lipinski definition) is 1. The number of phenolic OH excluding ortho intramolecular Hbond substituents is 1. The van der Waals surface area contributed by atoms with Gasteiger partial charge >= 0.3 is 0 Å². The fourth-order valence-electron chi connectivity index (χ4n) is 1.92. The second-order valence-electron chi connectivity index (χ2n) is 4.41. The van der Waals surface area contributed by atoms with Gasteiger partial charge in [-0.2, -0.15) is 0 Å². The summed E-state index contributed by atoms with van der Waals surface area (Å²) in [5, 5.41) is 9.57. The van der Waals surface area contributed by atoms with E-state index in [9.17, 15) is 5.11 Å². The third-order valence-corrected chi connectivity index (χ3v) is 3.05. The van der Waals surface area contributed by atoms with E-state index >= 15 is 0 Å². The van der Waals surface area contributed by atoms with E-state index in [0.29, 0.717) is 5.75 Å². The quantitative estimate of drug-likeness (QED) is 0.853. The molecule has 110 valence electrons. The van der Waals surface area contributed by atoms with Gasteiger partial charge in [-0.1, -0.05) is 18.2 Å². The average Bonchev–Trinajstić information content (AvgIpc) is 2.53. The molecule has 0 fully saturated rings. The first kappa shape index (κ1) is 14.8. The van der Waals surface area contributed by atoms with Gasteiger partial charge in [-0.3, -0.25) is 0 Å². The van der Waals surface area contributed by atoms with Crippen LogP contribution in [0.4, 0.5) is 0 Å². The molecule has 0 aromatic heterocycles. The van der Waals surface area contributed by atoms with Crippen molar-refractivity contribution in [2.24, 2.45) is 0 Å². The van der Waals surface area contributed by atoms with Gasteiger partial charge in [-0.25, -0.2) is 0 Å². The van der Waals surface area contributed by atoms with Crippen molar-refractivity contribution in [3.63, 3.8) is 0 Å². The fourth-order valence-corrected chi connectivity index (χ4v) is 1.92. The number of methoxy groups -OCH3 is 3. The molecule has 0 amide bonds.